The normalized spacial score (nSPS) is 12.0. The number of anilines is 2. The molecular formula is C12H19N3O4. The third kappa shape index (κ3) is 4.38. The molecule has 0 saturated heterocycles. The fraction of sp³-hybridized carbons (Fsp3) is 0.500. The summed E-state index contributed by atoms with van der Waals surface area (Å²) in [5.41, 5.74) is 1.32. The lowest BCUT2D eigenvalue weighted by Crippen LogP contribution is -2.31. The van der Waals surface area contributed by atoms with Crippen molar-refractivity contribution in [3.8, 4) is 0 Å². The molecule has 0 radical (unpaired) electrons. The summed E-state index contributed by atoms with van der Waals surface area (Å²) in [7, 11) is 4.97. The van der Waals surface area contributed by atoms with E-state index >= 15 is 0 Å². The van der Waals surface area contributed by atoms with Crippen molar-refractivity contribution in [3.05, 3.63) is 28.3 Å². The van der Waals surface area contributed by atoms with E-state index in [0.29, 0.717) is 17.9 Å². The molecule has 0 bridgehead atoms. The summed E-state index contributed by atoms with van der Waals surface area (Å²) in [6.07, 6.45) is -0.646. The molecule has 2 N–H and O–H groups in total. The average Bonchev–Trinajstić information content (AvgIpc) is 2.38. The van der Waals surface area contributed by atoms with Gasteiger partial charge in [0.2, 0.25) is 0 Å². The summed E-state index contributed by atoms with van der Waals surface area (Å²) in [6.45, 7) is 0.552. The van der Waals surface area contributed by atoms with Gasteiger partial charge >= 0.3 is 0 Å². The Labute approximate surface area is 111 Å². The molecule has 0 aromatic heterocycles. The number of hydrogen-bond acceptors (Lipinski definition) is 6. The van der Waals surface area contributed by atoms with Crippen LogP contribution in [0.5, 0.6) is 0 Å². The maximum Gasteiger partial charge on any atom is 0.273 e. The Kier molecular flexibility index (Phi) is 5.53. The van der Waals surface area contributed by atoms with E-state index in [4.69, 9.17) is 4.74 Å². The molecular weight excluding hydrogens is 250 g/mol. The number of rotatable bonds is 7. The second kappa shape index (κ2) is 6.91. The molecule has 1 unspecified atom stereocenters. The highest BCUT2D eigenvalue weighted by molar-refractivity contribution is 5.64. The monoisotopic (exact) mass is 269 g/mol. The zero-order chi connectivity index (χ0) is 14.4. The van der Waals surface area contributed by atoms with Crippen molar-refractivity contribution in [1.29, 1.82) is 0 Å². The predicted octanol–water partition coefficient (Wildman–Crippen LogP) is 1.08. The molecule has 1 aromatic carbocycles. The van der Waals surface area contributed by atoms with Crippen LogP contribution in [0.2, 0.25) is 0 Å². The van der Waals surface area contributed by atoms with Crippen molar-refractivity contribution in [2.45, 2.75) is 6.10 Å². The van der Waals surface area contributed by atoms with Gasteiger partial charge in [0.15, 0.2) is 0 Å². The molecule has 0 aliphatic rings. The van der Waals surface area contributed by atoms with Gasteiger partial charge in [-0.25, -0.2) is 0 Å². The van der Waals surface area contributed by atoms with Gasteiger partial charge in [0.25, 0.3) is 5.69 Å². The topological polar surface area (TPSA) is 87.9 Å². The zero-order valence-corrected chi connectivity index (χ0v) is 11.3. The van der Waals surface area contributed by atoms with E-state index in [1.807, 2.05) is 0 Å². The summed E-state index contributed by atoms with van der Waals surface area (Å²) in [5, 5.41) is 23.4. The van der Waals surface area contributed by atoms with Gasteiger partial charge < -0.3 is 20.1 Å². The first-order valence-corrected chi connectivity index (χ1v) is 5.83. The number of nitrogens with zero attached hydrogens (tertiary/aromatic N) is 2. The van der Waals surface area contributed by atoms with E-state index in [-0.39, 0.29) is 12.3 Å². The van der Waals surface area contributed by atoms with E-state index in [0.717, 1.165) is 0 Å². The molecule has 0 aliphatic heterocycles. The third-order valence-electron chi connectivity index (χ3n) is 2.69. The van der Waals surface area contributed by atoms with Crippen molar-refractivity contribution < 1.29 is 14.8 Å². The number of ether oxygens (including phenoxy) is 1. The second-order valence-corrected chi connectivity index (χ2v) is 4.23. The number of aliphatic hydroxyl groups is 1. The molecule has 19 heavy (non-hydrogen) atoms. The Hall–Kier alpha value is -1.86. The Morgan fingerprint density at radius 2 is 2.21 bits per heavy atom. The van der Waals surface area contributed by atoms with Gasteiger partial charge in [0, 0.05) is 51.3 Å². The molecule has 7 heteroatoms. The minimum Gasteiger partial charge on any atom is -0.389 e. The predicted molar refractivity (Wildman–Crippen MR) is 73.8 cm³/mol. The fourth-order valence-electron chi connectivity index (χ4n) is 1.73. The standard InChI is InChI=1S/C12H19N3O4/c1-13-9-4-10(6-11(5-9)15(17)18)14(2)7-12(16)8-19-3/h4-6,12-13,16H,7-8H2,1-3H3. The van der Waals surface area contributed by atoms with Crippen LogP contribution in [0.3, 0.4) is 0 Å². The fourth-order valence-corrected chi connectivity index (χ4v) is 1.73. The van der Waals surface area contributed by atoms with Crippen LogP contribution in [-0.4, -0.2) is 50.5 Å². The minimum atomic E-state index is -0.646. The first-order valence-electron chi connectivity index (χ1n) is 5.83. The molecule has 1 atom stereocenters. The van der Waals surface area contributed by atoms with Gasteiger partial charge in [-0.1, -0.05) is 0 Å². The summed E-state index contributed by atoms with van der Waals surface area (Å²) in [5.74, 6) is 0. The van der Waals surface area contributed by atoms with Crippen LogP contribution in [0.15, 0.2) is 18.2 Å². The molecule has 1 rings (SSSR count). The van der Waals surface area contributed by atoms with Crippen molar-refractivity contribution in [1.82, 2.24) is 0 Å². The molecule has 0 saturated carbocycles. The molecule has 1 aromatic rings. The van der Waals surface area contributed by atoms with Crippen LogP contribution in [0, 0.1) is 10.1 Å². The van der Waals surface area contributed by atoms with Crippen molar-refractivity contribution in [2.24, 2.45) is 0 Å². The molecule has 106 valence electrons. The maximum absolute atomic E-state index is 10.9. The lowest BCUT2D eigenvalue weighted by atomic mass is 10.2. The van der Waals surface area contributed by atoms with E-state index in [1.165, 1.54) is 19.2 Å². The molecule has 0 amide bonds. The minimum absolute atomic E-state index is 0.00920. The Morgan fingerprint density at radius 3 is 2.74 bits per heavy atom. The first kappa shape index (κ1) is 15.2. The molecule has 0 aliphatic carbocycles. The largest absolute Gasteiger partial charge is 0.389 e. The maximum atomic E-state index is 10.9. The van der Waals surface area contributed by atoms with E-state index in [1.54, 1.807) is 25.1 Å². The van der Waals surface area contributed by atoms with Crippen LogP contribution in [0.4, 0.5) is 17.1 Å². The number of nitro groups is 1. The van der Waals surface area contributed by atoms with E-state index < -0.39 is 11.0 Å². The zero-order valence-electron chi connectivity index (χ0n) is 11.3. The van der Waals surface area contributed by atoms with Crippen LogP contribution >= 0.6 is 0 Å². The number of methoxy groups -OCH3 is 1. The SMILES string of the molecule is CNc1cc(N(C)CC(O)COC)cc([N+](=O)[O-])c1. The highest BCUT2D eigenvalue weighted by Gasteiger charge is 2.14. The van der Waals surface area contributed by atoms with E-state index in [9.17, 15) is 15.2 Å². The third-order valence-corrected chi connectivity index (χ3v) is 2.69. The molecule has 0 spiro atoms. The highest BCUT2D eigenvalue weighted by Crippen LogP contribution is 2.26. The number of likely N-dealkylation sites (N-methyl/N-ethyl adjacent to an activating group) is 1. The number of benzene rings is 1. The number of non-ortho nitro benzene ring substituents is 1. The van der Waals surface area contributed by atoms with Crippen molar-refractivity contribution in [2.75, 3.05) is 44.6 Å². The highest BCUT2D eigenvalue weighted by atomic mass is 16.6. The van der Waals surface area contributed by atoms with Gasteiger partial charge in [-0.05, 0) is 6.07 Å². The number of hydrogen-bond donors (Lipinski definition) is 2. The quantitative estimate of drug-likeness (QED) is 0.569. The van der Waals surface area contributed by atoms with Gasteiger partial charge in [0.1, 0.15) is 0 Å². The lowest BCUT2D eigenvalue weighted by molar-refractivity contribution is -0.384. The van der Waals surface area contributed by atoms with Gasteiger partial charge in [-0.2, -0.15) is 0 Å². The second-order valence-electron chi connectivity index (χ2n) is 4.23. The summed E-state index contributed by atoms with van der Waals surface area (Å²) in [6, 6.07) is 4.72. The Morgan fingerprint density at radius 1 is 1.53 bits per heavy atom. The Balaban J connectivity index is 2.92. The van der Waals surface area contributed by atoms with Crippen molar-refractivity contribution in [3.63, 3.8) is 0 Å². The lowest BCUT2D eigenvalue weighted by Gasteiger charge is -2.22. The van der Waals surface area contributed by atoms with Gasteiger partial charge in [-0.15, -0.1) is 0 Å². The van der Waals surface area contributed by atoms with Gasteiger partial charge in [0.05, 0.1) is 17.6 Å². The van der Waals surface area contributed by atoms with Crippen LogP contribution in [0.1, 0.15) is 0 Å². The molecule has 0 heterocycles. The first-order chi connectivity index (χ1) is 8.97. The number of aliphatic hydroxyl groups excluding tert-OH is 1. The Bertz CT molecular complexity index is 439. The van der Waals surface area contributed by atoms with Crippen molar-refractivity contribution >= 4 is 17.1 Å². The summed E-state index contributed by atoms with van der Waals surface area (Å²) < 4.78 is 4.85. The molecule has 0 fully saturated rings. The summed E-state index contributed by atoms with van der Waals surface area (Å²) >= 11 is 0. The van der Waals surface area contributed by atoms with Gasteiger partial charge in [-0.3, -0.25) is 10.1 Å². The number of nitro benzene ring substituents is 1. The van der Waals surface area contributed by atoms with Crippen LogP contribution in [0.25, 0.3) is 0 Å². The average molecular weight is 269 g/mol. The smallest absolute Gasteiger partial charge is 0.273 e. The molecule has 7 nitrogen and oxygen atoms in total. The van der Waals surface area contributed by atoms with Crippen LogP contribution < -0.4 is 10.2 Å². The van der Waals surface area contributed by atoms with E-state index in [2.05, 4.69) is 5.32 Å². The summed E-state index contributed by atoms with van der Waals surface area (Å²) in [4.78, 5) is 12.2. The number of nitrogens with one attached hydrogen (secondary N) is 1. The van der Waals surface area contributed by atoms with Crippen LogP contribution in [-0.2, 0) is 4.74 Å².